The van der Waals surface area contributed by atoms with Gasteiger partial charge < -0.3 is 10.6 Å². The minimum Gasteiger partial charge on any atom is -0.384 e. The zero-order valence-corrected chi connectivity index (χ0v) is 10.0. The van der Waals surface area contributed by atoms with Crippen LogP contribution in [0.5, 0.6) is 0 Å². The molecule has 0 atom stereocenters. The molecular weight excluding hydrogens is 216 g/mol. The second-order valence-electron chi connectivity index (χ2n) is 3.68. The topological polar surface area (TPSA) is 67.7 Å². The van der Waals surface area contributed by atoms with Gasteiger partial charge in [-0.3, -0.25) is 9.67 Å². The minimum atomic E-state index is 0.595. The molecule has 6 nitrogen and oxygen atoms in total. The van der Waals surface area contributed by atoms with Crippen LogP contribution in [0, 0.1) is 0 Å². The molecule has 90 valence electrons. The van der Waals surface area contributed by atoms with E-state index in [0.717, 1.165) is 23.7 Å². The second kappa shape index (κ2) is 5.29. The largest absolute Gasteiger partial charge is 0.384 e. The van der Waals surface area contributed by atoms with Crippen molar-refractivity contribution in [2.24, 2.45) is 7.05 Å². The van der Waals surface area contributed by atoms with Gasteiger partial charge in [0.05, 0.1) is 30.3 Å². The van der Waals surface area contributed by atoms with Crippen LogP contribution >= 0.6 is 0 Å². The van der Waals surface area contributed by atoms with E-state index in [1.54, 1.807) is 23.4 Å². The van der Waals surface area contributed by atoms with E-state index in [2.05, 4.69) is 32.6 Å². The van der Waals surface area contributed by atoms with E-state index in [0.29, 0.717) is 6.54 Å². The van der Waals surface area contributed by atoms with Gasteiger partial charge in [-0.1, -0.05) is 0 Å². The van der Waals surface area contributed by atoms with Crippen LogP contribution in [0.2, 0.25) is 0 Å². The van der Waals surface area contributed by atoms with Gasteiger partial charge in [-0.25, -0.2) is 4.98 Å². The van der Waals surface area contributed by atoms with E-state index in [4.69, 9.17) is 0 Å². The maximum Gasteiger partial charge on any atom is 0.169 e. The summed E-state index contributed by atoms with van der Waals surface area (Å²) < 4.78 is 1.68. The van der Waals surface area contributed by atoms with E-state index in [9.17, 15) is 0 Å². The lowest BCUT2D eigenvalue weighted by molar-refractivity contribution is 0.747. The van der Waals surface area contributed by atoms with Crippen molar-refractivity contribution in [2.75, 3.05) is 17.2 Å². The third-order valence-corrected chi connectivity index (χ3v) is 2.22. The molecule has 0 unspecified atom stereocenters. The summed E-state index contributed by atoms with van der Waals surface area (Å²) in [6, 6.07) is 2.01. The molecule has 6 heteroatoms. The van der Waals surface area contributed by atoms with Gasteiger partial charge in [0.1, 0.15) is 6.33 Å². The molecule has 0 spiro atoms. The van der Waals surface area contributed by atoms with Gasteiger partial charge in [-0.05, 0) is 13.0 Å². The van der Waals surface area contributed by atoms with E-state index in [1.807, 2.05) is 13.1 Å². The van der Waals surface area contributed by atoms with Crippen molar-refractivity contribution in [3.05, 3.63) is 30.6 Å². The summed E-state index contributed by atoms with van der Waals surface area (Å²) in [5, 5.41) is 10.6. The fourth-order valence-electron chi connectivity index (χ4n) is 1.48. The van der Waals surface area contributed by atoms with Crippen LogP contribution in [0.3, 0.4) is 0 Å². The lowest BCUT2D eigenvalue weighted by Gasteiger charge is -2.06. The summed E-state index contributed by atoms with van der Waals surface area (Å²) >= 11 is 0. The standard InChI is InChI=1S/C11H16N6/c1-3-13-9-4-10(6-12-5-9)14-7-11-15-8-17(2)16-11/h4-6,8,13-14H,3,7H2,1-2H3. The molecule has 0 aliphatic carbocycles. The first-order valence-corrected chi connectivity index (χ1v) is 5.55. The van der Waals surface area contributed by atoms with Gasteiger partial charge in [-0.2, -0.15) is 5.10 Å². The summed E-state index contributed by atoms with van der Waals surface area (Å²) in [4.78, 5) is 8.29. The summed E-state index contributed by atoms with van der Waals surface area (Å²) in [5.74, 6) is 0.765. The Morgan fingerprint density at radius 3 is 2.65 bits per heavy atom. The number of hydrogen-bond donors (Lipinski definition) is 2. The zero-order chi connectivity index (χ0) is 12.1. The molecule has 0 saturated carbocycles. The smallest absolute Gasteiger partial charge is 0.169 e. The maximum atomic E-state index is 4.19. The highest BCUT2D eigenvalue weighted by atomic mass is 15.3. The van der Waals surface area contributed by atoms with E-state index < -0.39 is 0 Å². The predicted molar refractivity (Wildman–Crippen MR) is 66.7 cm³/mol. The highest BCUT2D eigenvalue weighted by Gasteiger charge is 1.99. The number of nitrogens with zero attached hydrogens (tertiary/aromatic N) is 4. The summed E-state index contributed by atoms with van der Waals surface area (Å²) in [7, 11) is 1.85. The SMILES string of the molecule is CCNc1cncc(NCc2ncn(C)n2)c1. The molecule has 2 aromatic heterocycles. The van der Waals surface area contributed by atoms with Crippen molar-refractivity contribution in [1.82, 2.24) is 19.7 Å². The van der Waals surface area contributed by atoms with E-state index in [-0.39, 0.29) is 0 Å². The molecule has 0 radical (unpaired) electrons. The Balaban J connectivity index is 1.96. The van der Waals surface area contributed by atoms with Gasteiger partial charge in [0.25, 0.3) is 0 Å². The number of aromatic nitrogens is 4. The predicted octanol–water partition coefficient (Wildman–Crippen LogP) is 1.25. The molecule has 2 heterocycles. The minimum absolute atomic E-state index is 0.595. The molecule has 2 N–H and O–H groups in total. The van der Waals surface area contributed by atoms with Crippen molar-refractivity contribution in [3.8, 4) is 0 Å². The summed E-state index contributed by atoms with van der Waals surface area (Å²) in [5.41, 5.74) is 1.96. The van der Waals surface area contributed by atoms with Crippen molar-refractivity contribution in [2.45, 2.75) is 13.5 Å². The number of rotatable bonds is 5. The van der Waals surface area contributed by atoms with Crippen LogP contribution in [0.1, 0.15) is 12.7 Å². The molecule has 0 aliphatic heterocycles. The monoisotopic (exact) mass is 232 g/mol. The molecule has 0 aromatic carbocycles. The molecule has 2 rings (SSSR count). The number of anilines is 2. The fraction of sp³-hybridized carbons (Fsp3) is 0.364. The Kier molecular flexibility index (Phi) is 3.54. The van der Waals surface area contributed by atoms with Gasteiger partial charge in [0, 0.05) is 13.6 Å². The molecule has 0 saturated heterocycles. The Bertz CT molecular complexity index is 478. The average Bonchev–Trinajstić information content (AvgIpc) is 2.74. The molecule has 0 fully saturated rings. The number of hydrogen-bond acceptors (Lipinski definition) is 5. The number of pyridine rings is 1. The molecule has 0 amide bonds. The highest BCUT2D eigenvalue weighted by Crippen LogP contribution is 2.12. The van der Waals surface area contributed by atoms with Crippen molar-refractivity contribution in [3.63, 3.8) is 0 Å². The van der Waals surface area contributed by atoms with Crippen molar-refractivity contribution >= 4 is 11.4 Å². The van der Waals surface area contributed by atoms with Crippen LogP contribution in [0.15, 0.2) is 24.8 Å². The third kappa shape index (κ3) is 3.17. The van der Waals surface area contributed by atoms with Crippen molar-refractivity contribution in [1.29, 1.82) is 0 Å². The van der Waals surface area contributed by atoms with Crippen molar-refractivity contribution < 1.29 is 0 Å². The Morgan fingerprint density at radius 2 is 2.00 bits per heavy atom. The molecular formula is C11H16N6. The van der Waals surface area contributed by atoms with Gasteiger partial charge in [-0.15, -0.1) is 0 Å². The molecule has 17 heavy (non-hydrogen) atoms. The van der Waals surface area contributed by atoms with Gasteiger partial charge >= 0.3 is 0 Å². The first-order chi connectivity index (χ1) is 8.28. The zero-order valence-electron chi connectivity index (χ0n) is 10.0. The van der Waals surface area contributed by atoms with Crippen LogP contribution in [-0.4, -0.2) is 26.3 Å². The quantitative estimate of drug-likeness (QED) is 0.812. The second-order valence-corrected chi connectivity index (χ2v) is 3.68. The van der Waals surface area contributed by atoms with E-state index >= 15 is 0 Å². The first-order valence-electron chi connectivity index (χ1n) is 5.55. The Labute approximate surface area is 100 Å². The fourth-order valence-corrected chi connectivity index (χ4v) is 1.48. The summed E-state index contributed by atoms with van der Waals surface area (Å²) in [6.45, 7) is 3.53. The van der Waals surface area contributed by atoms with Gasteiger partial charge in [0.15, 0.2) is 5.82 Å². The first kappa shape index (κ1) is 11.4. The Hall–Kier alpha value is -2.11. The van der Waals surface area contributed by atoms with Crippen LogP contribution in [0.4, 0.5) is 11.4 Å². The number of nitrogens with one attached hydrogen (secondary N) is 2. The van der Waals surface area contributed by atoms with Crippen LogP contribution in [-0.2, 0) is 13.6 Å². The lowest BCUT2D eigenvalue weighted by atomic mass is 10.3. The number of aryl methyl sites for hydroxylation is 1. The van der Waals surface area contributed by atoms with E-state index in [1.165, 1.54) is 0 Å². The summed E-state index contributed by atoms with van der Waals surface area (Å²) in [6.07, 6.45) is 5.27. The normalized spacial score (nSPS) is 10.2. The van der Waals surface area contributed by atoms with Crippen LogP contribution in [0.25, 0.3) is 0 Å². The molecule has 2 aromatic rings. The molecule has 0 aliphatic rings. The average molecular weight is 232 g/mol. The highest BCUT2D eigenvalue weighted by molar-refractivity contribution is 5.53. The lowest BCUT2D eigenvalue weighted by Crippen LogP contribution is -2.04. The Morgan fingerprint density at radius 1 is 1.24 bits per heavy atom. The maximum absolute atomic E-state index is 4.19. The van der Waals surface area contributed by atoms with Gasteiger partial charge in [0.2, 0.25) is 0 Å². The third-order valence-electron chi connectivity index (χ3n) is 2.22. The molecule has 0 bridgehead atoms. The van der Waals surface area contributed by atoms with Crippen LogP contribution < -0.4 is 10.6 Å².